The van der Waals surface area contributed by atoms with Gasteiger partial charge in [-0.25, -0.2) is 8.78 Å². The molecule has 0 radical (unpaired) electrons. The maximum absolute atomic E-state index is 13.5. The summed E-state index contributed by atoms with van der Waals surface area (Å²) in [7, 11) is 0. The van der Waals surface area contributed by atoms with E-state index in [1.165, 1.54) is 25.1 Å². The van der Waals surface area contributed by atoms with Gasteiger partial charge in [-0.3, -0.25) is 4.79 Å². The summed E-state index contributed by atoms with van der Waals surface area (Å²) in [5.74, 6) is -2.44. The Bertz CT molecular complexity index is 829. The fraction of sp³-hybridized carbons (Fsp3) is 0.188. The molecule has 1 heterocycles. The maximum atomic E-state index is 13.5. The van der Waals surface area contributed by atoms with Crippen molar-refractivity contribution in [1.82, 2.24) is 0 Å². The zero-order valence-corrected chi connectivity index (χ0v) is 12.8. The molecule has 0 bridgehead atoms. The van der Waals surface area contributed by atoms with Gasteiger partial charge in [-0.1, -0.05) is 0 Å². The third-order valence-electron chi connectivity index (χ3n) is 3.36. The van der Waals surface area contributed by atoms with Gasteiger partial charge in [0, 0.05) is 17.8 Å². The van der Waals surface area contributed by atoms with E-state index in [9.17, 15) is 22.4 Å². The lowest BCUT2D eigenvalue weighted by molar-refractivity contribution is -0.286. The lowest BCUT2D eigenvalue weighted by Crippen LogP contribution is -2.32. The Morgan fingerprint density at radius 2 is 1.80 bits per heavy atom. The quantitative estimate of drug-likeness (QED) is 0.820. The largest absolute Gasteiger partial charge is 0.586 e. The number of fused-ring (bicyclic) bond motifs is 1. The Labute approximate surface area is 139 Å². The summed E-state index contributed by atoms with van der Waals surface area (Å²) < 4.78 is 61.2. The molecule has 132 valence electrons. The lowest BCUT2D eigenvalue weighted by Gasteiger charge is -2.16. The Hall–Kier alpha value is -2.97. The van der Waals surface area contributed by atoms with E-state index < -0.39 is 29.9 Å². The second-order valence-corrected chi connectivity index (χ2v) is 5.31. The molecule has 2 aromatic rings. The summed E-state index contributed by atoms with van der Waals surface area (Å²) in [6.45, 7) is 1.46. The van der Waals surface area contributed by atoms with Gasteiger partial charge in [0.25, 0.3) is 0 Å². The predicted octanol–water partition coefficient (Wildman–Crippen LogP) is 3.73. The normalized spacial score (nSPS) is 15.6. The lowest BCUT2D eigenvalue weighted by atomic mass is 10.2. The number of alkyl halides is 2. The van der Waals surface area contributed by atoms with E-state index in [-0.39, 0.29) is 17.2 Å². The molecule has 2 N–H and O–H groups in total. The number of hydrogen-bond acceptors (Lipinski definition) is 4. The van der Waals surface area contributed by atoms with Crippen LogP contribution in [0.5, 0.6) is 11.5 Å². The van der Waals surface area contributed by atoms with Crippen molar-refractivity contribution in [1.29, 1.82) is 0 Å². The number of carbonyl (C=O) groups excluding carboxylic acids is 1. The minimum Gasteiger partial charge on any atom is -0.395 e. The number of carbonyl (C=O) groups is 1. The van der Waals surface area contributed by atoms with Crippen LogP contribution in [-0.4, -0.2) is 18.2 Å². The van der Waals surface area contributed by atoms with Crippen LogP contribution in [0, 0.1) is 11.6 Å². The molecule has 1 atom stereocenters. The molecule has 0 aliphatic carbocycles. The van der Waals surface area contributed by atoms with Crippen molar-refractivity contribution in [2.45, 2.75) is 19.3 Å². The van der Waals surface area contributed by atoms with Gasteiger partial charge in [-0.05, 0) is 31.2 Å². The van der Waals surface area contributed by atoms with Gasteiger partial charge in [0.1, 0.15) is 17.7 Å². The number of nitrogens with one attached hydrogen (secondary N) is 2. The second kappa shape index (κ2) is 6.15. The smallest absolute Gasteiger partial charge is 0.395 e. The molecule has 0 saturated heterocycles. The van der Waals surface area contributed by atoms with Crippen molar-refractivity contribution in [2.24, 2.45) is 0 Å². The molecule has 1 aliphatic heterocycles. The highest BCUT2D eigenvalue weighted by Gasteiger charge is 2.43. The minimum absolute atomic E-state index is 0.130. The molecule has 1 amide bonds. The van der Waals surface area contributed by atoms with E-state index in [4.69, 9.17) is 0 Å². The summed E-state index contributed by atoms with van der Waals surface area (Å²) in [5.41, 5.74) is 0.00592. The first kappa shape index (κ1) is 16.9. The van der Waals surface area contributed by atoms with Gasteiger partial charge in [0.05, 0.1) is 5.69 Å². The highest BCUT2D eigenvalue weighted by molar-refractivity contribution is 5.96. The van der Waals surface area contributed by atoms with E-state index in [2.05, 4.69) is 20.1 Å². The van der Waals surface area contributed by atoms with Crippen LogP contribution >= 0.6 is 0 Å². The summed E-state index contributed by atoms with van der Waals surface area (Å²) in [6.07, 6.45) is -3.74. The van der Waals surface area contributed by atoms with Crippen LogP contribution in [-0.2, 0) is 4.79 Å². The average Bonchev–Trinajstić information content (AvgIpc) is 2.84. The van der Waals surface area contributed by atoms with Crippen LogP contribution in [0.3, 0.4) is 0 Å². The maximum Gasteiger partial charge on any atom is 0.586 e. The Balaban J connectivity index is 1.67. The predicted molar refractivity (Wildman–Crippen MR) is 80.7 cm³/mol. The number of benzene rings is 2. The zero-order valence-electron chi connectivity index (χ0n) is 12.8. The Kier molecular flexibility index (Phi) is 4.15. The van der Waals surface area contributed by atoms with E-state index in [1.807, 2.05) is 0 Å². The molecule has 5 nitrogen and oxygen atoms in total. The molecule has 2 aromatic carbocycles. The summed E-state index contributed by atoms with van der Waals surface area (Å²) in [6, 6.07) is 5.70. The van der Waals surface area contributed by atoms with Gasteiger partial charge < -0.3 is 20.1 Å². The Morgan fingerprint density at radius 1 is 1.08 bits per heavy atom. The number of anilines is 2. The van der Waals surface area contributed by atoms with E-state index in [1.54, 1.807) is 0 Å². The highest BCUT2D eigenvalue weighted by atomic mass is 19.3. The number of amides is 1. The van der Waals surface area contributed by atoms with E-state index >= 15 is 0 Å². The number of ether oxygens (including phenoxy) is 2. The van der Waals surface area contributed by atoms with E-state index in [0.717, 1.165) is 18.2 Å². The number of halogens is 4. The van der Waals surface area contributed by atoms with Crippen molar-refractivity contribution >= 4 is 17.3 Å². The summed E-state index contributed by atoms with van der Waals surface area (Å²) >= 11 is 0. The second-order valence-electron chi connectivity index (χ2n) is 5.31. The first-order valence-corrected chi connectivity index (χ1v) is 7.16. The third kappa shape index (κ3) is 3.76. The molecule has 3 rings (SSSR count). The van der Waals surface area contributed by atoms with Crippen molar-refractivity contribution < 1.29 is 31.8 Å². The Morgan fingerprint density at radius 3 is 2.56 bits per heavy atom. The fourth-order valence-electron chi connectivity index (χ4n) is 2.19. The molecule has 1 aliphatic rings. The summed E-state index contributed by atoms with van der Waals surface area (Å²) in [4.78, 5) is 12.1. The fourth-order valence-corrected chi connectivity index (χ4v) is 2.19. The van der Waals surface area contributed by atoms with Gasteiger partial charge >= 0.3 is 6.29 Å². The van der Waals surface area contributed by atoms with Crippen LogP contribution in [0.15, 0.2) is 36.4 Å². The first-order chi connectivity index (χ1) is 11.7. The van der Waals surface area contributed by atoms with Crippen LogP contribution < -0.4 is 20.1 Å². The van der Waals surface area contributed by atoms with E-state index in [0.29, 0.717) is 5.69 Å². The van der Waals surface area contributed by atoms with Crippen molar-refractivity contribution in [3.05, 3.63) is 48.0 Å². The molecule has 1 unspecified atom stereocenters. The van der Waals surface area contributed by atoms with Crippen molar-refractivity contribution in [2.75, 3.05) is 10.6 Å². The highest BCUT2D eigenvalue weighted by Crippen LogP contribution is 2.42. The SMILES string of the molecule is CC(Nc1ccc2c(c1)OC(F)(F)O2)C(=O)Nc1cc(F)ccc1F. The van der Waals surface area contributed by atoms with Crippen LogP contribution in [0.25, 0.3) is 0 Å². The van der Waals surface area contributed by atoms with Crippen molar-refractivity contribution in [3.63, 3.8) is 0 Å². The average molecular weight is 356 g/mol. The zero-order chi connectivity index (χ0) is 18.2. The molecular formula is C16H12F4N2O3. The molecule has 0 saturated carbocycles. The third-order valence-corrected chi connectivity index (χ3v) is 3.36. The topological polar surface area (TPSA) is 59.6 Å². The molecule has 0 spiro atoms. The van der Waals surface area contributed by atoms with Crippen LogP contribution in [0.2, 0.25) is 0 Å². The summed E-state index contributed by atoms with van der Waals surface area (Å²) in [5, 5.41) is 4.99. The molecular weight excluding hydrogens is 344 g/mol. The molecule has 0 aromatic heterocycles. The van der Waals surface area contributed by atoms with Gasteiger partial charge in [0.2, 0.25) is 5.91 Å². The first-order valence-electron chi connectivity index (χ1n) is 7.16. The van der Waals surface area contributed by atoms with Gasteiger partial charge in [-0.15, -0.1) is 8.78 Å². The molecule has 0 fully saturated rings. The molecule has 25 heavy (non-hydrogen) atoms. The van der Waals surface area contributed by atoms with Crippen LogP contribution in [0.1, 0.15) is 6.92 Å². The van der Waals surface area contributed by atoms with Crippen LogP contribution in [0.4, 0.5) is 28.9 Å². The minimum atomic E-state index is -3.74. The monoisotopic (exact) mass is 356 g/mol. The van der Waals surface area contributed by atoms with Gasteiger partial charge in [-0.2, -0.15) is 0 Å². The number of rotatable bonds is 4. The van der Waals surface area contributed by atoms with Crippen molar-refractivity contribution in [3.8, 4) is 11.5 Å². The number of hydrogen-bond donors (Lipinski definition) is 2. The molecule has 9 heteroatoms. The standard InChI is InChI=1S/C16H12F4N2O3/c1-8(15(23)22-12-6-9(17)2-4-11(12)18)21-10-3-5-13-14(7-10)25-16(19,20)24-13/h2-8,21H,1H3,(H,22,23). The van der Waals surface area contributed by atoms with Gasteiger partial charge in [0.15, 0.2) is 11.5 Å².